The summed E-state index contributed by atoms with van der Waals surface area (Å²) < 4.78 is 7.65. The minimum absolute atomic E-state index is 0.0293. The Kier molecular flexibility index (Phi) is 6.26. The van der Waals surface area contributed by atoms with E-state index in [0.717, 1.165) is 5.01 Å². The molecule has 2 N–H and O–H groups in total. The Bertz CT molecular complexity index is 1290. The van der Waals surface area contributed by atoms with Crippen molar-refractivity contribution in [2.75, 3.05) is 5.01 Å². The van der Waals surface area contributed by atoms with Gasteiger partial charge in [-0.3, -0.25) is 4.79 Å². The second kappa shape index (κ2) is 9.13. The van der Waals surface area contributed by atoms with E-state index in [1.807, 2.05) is 42.9 Å². The number of H-pyrrole nitrogens is 1. The molecule has 4 rings (SSSR count). The third-order valence-electron chi connectivity index (χ3n) is 4.88. The van der Waals surface area contributed by atoms with E-state index < -0.39 is 6.03 Å². The number of allylic oxidation sites excluding steroid dienone is 1. The molecule has 170 valence electrons. The van der Waals surface area contributed by atoms with Crippen LogP contribution in [-0.2, 0) is 6.54 Å². The molecule has 0 aliphatic carbocycles. The molecule has 1 aromatic carbocycles. The molecule has 33 heavy (non-hydrogen) atoms. The van der Waals surface area contributed by atoms with Crippen LogP contribution in [0.1, 0.15) is 25.3 Å². The molecule has 2 aromatic heterocycles. The highest BCUT2D eigenvalue weighted by molar-refractivity contribution is 6.37. The van der Waals surface area contributed by atoms with Crippen LogP contribution in [0.3, 0.4) is 0 Å². The van der Waals surface area contributed by atoms with Crippen LogP contribution in [0.15, 0.2) is 64.9 Å². The monoisotopic (exact) mass is 486 g/mol. The summed E-state index contributed by atoms with van der Waals surface area (Å²) in [5.74, 6) is 0.238. The fourth-order valence-electron chi connectivity index (χ4n) is 3.18. The molecule has 2 amide bonds. The zero-order chi connectivity index (χ0) is 23.7. The highest BCUT2D eigenvalue weighted by Gasteiger charge is 2.26. The summed E-state index contributed by atoms with van der Waals surface area (Å²) in [6.45, 7) is 8.05. The average molecular weight is 487 g/mol. The highest BCUT2D eigenvalue weighted by atomic mass is 35.5. The first-order chi connectivity index (χ1) is 15.7. The van der Waals surface area contributed by atoms with Gasteiger partial charge < -0.3 is 14.6 Å². The van der Waals surface area contributed by atoms with Gasteiger partial charge in [0.15, 0.2) is 5.75 Å². The summed E-state index contributed by atoms with van der Waals surface area (Å²) in [4.78, 5) is 24.5. The first-order valence-corrected chi connectivity index (χ1v) is 10.7. The lowest BCUT2D eigenvalue weighted by atomic mass is 10.1. The number of hydrogen-bond donors (Lipinski definition) is 2. The predicted molar refractivity (Wildman–Crippen MR) is 128 cm³/mol. The van der Waals surface area contributed by atoms with E-state index in [2.05, 4.69) is 27.2 Å². The quantitative estimate of drug-likeness (QED) is 0.517. The number of ether oxygens (including phenoxy) is 1. The van der Waals surface area contributed by atoms with Crippen molar-refractivity contribution < 1.29 is 9.53 Å². The van der Waals surface area contributed by atoms with E-state index in [0.29, 0.717) is 29.2 Å². The van der Waals surface area contributed by atoms with Gasteiger partial charge in [0.25, 0.3) is 5.56 Å². The molecule has 0 bridgehead atoms. The third kappa shape index (κ3) is 4.79. The van der Waals surface area contributed by atoms with Crippen LogP contribution in [0.5, 0.6) is 11.6 Å². The molecular formula is C22H20Cl2N6O3. The zero-order valence-electron chi connectivity index (χ0n) is 17.8. The number of nitrogens with zero attached hydrogens (tertiary/aromatic N) is 4. The Labute approximate surface area is 199 Å². The summed E-state index contributed by atoms with van der Waals surface area (Å²) >= 11 is 12.9. The topological polar surface area (TPSA) is 105 Å². The Morgan fingerprint density at radius 1 is 1.12 bits per heavy atom. The Morgan fingerprint density at radius 3 is 2.42 bits per heavy atom. The second-order valence-electron chi connectivity index (χ2n) is 7.61. The number of hydrogen-bond acceptors (Lipinski definition) is 5. The number of hydrazone groups is 1. The van der Waals surface area contributed by atoms with Crippen molar-refractivity contribution >= 4 is 40.6 Å². The molecule has 0 spiro atoms. The van der Waals surface area contributed by atoms with Crippen LogP contribution in [0, 0.1) is 0 Å². The van der Waals surface area contributed by atoms with Crippen molar-refractivity contribution in [2.24, 2.45) is 5.10 Å². The highest BCUT2D eigenvalue weighted by Crippen LogP contribution is 2.40. The standard InChI is InChI=1S/C22H20Cl2N6O3/c1-12(2)15-10-19(26-27-21(15)31)33-20-16(23)8-14(9-17(20)24)30-22(32)25-13(3)18(28-30)11-29-6-4-5-7-29/h4-10,12H,3,11H2,1-2H3,(H,25,32)(H,27,31). The molecule has 0 unspecified atom stereocenters. The maximum Gasteiger partial charge on any atom is 0.347 e. The number of rotatable bonds is 6. The third-order valence-corrected chi connectivity index (χ3v) is 5.44. The zero-order valence-corrected chi connectivity index (χ0v) is 19.3. The number of anilines is 1. The fraction of sp³-hybridized carbons (Fsp3) is 0.182. The Balaban J connectivity index is 1.64. The fourth-order valence-corrected chi connectivity index (χ4v) is 3.74. The van der Waals surface area contributed by atoms with E-state index in [4.69, 9.17) is 27.9 Å². The first kappa shape index (κ1) is 22.6. The van der Waals surface area contributed by atoms with Crippen molar-refractivity contribution in [1.82, 2.24) is 20.1 Å². The lowest BCUT2D eigenvalue weighted by Gasteiger charge is -2.26. The van der Waals surface area contributed by atoms with Gasteiger partial charge >= 0.3 is 6.03 Å². The molecule has 9 nitrogen and oxygen atoms in total. The number of halogens is 2. The molecule has 1 aliphatic rings. The van der Waals surface area contributed by atoms with Gasteiger partial charge in [0.1, 0.15) is 5.71 Å². The van der Waals surface area contributed by atoms with Crippen molar-refractivity contribution in [3.05, 3.63) is 81.0 Å². The minimum Gasteiger partial charge on any atom is -0.434 e. The summed E-state index contributed by atoms with van der Waals surface area (Å²) in [6, 6.07) is 7.82. The van der Waals surface area contributed by atoms with Gasteiger partial charge in [0, 0.05) is 24.0 Å². The predicted octanol–water partition coefficient (Wildman–Crippen LogP) is 4.89. The van der Waals surface area contributed by atoms with E-state index in [-0.39, 0.29) is 33.2 Å². The van der Waals surface area contributed by atoms with Gasteiger partial charge in [-0.1, -0.05) is 43.6 Å². The van der Waals surface area contributed by atoms with Gasteiger partial charge in [-0.05, 0) is 30.2 Å². The SMILES string of the molecule is C=C1NC(=O)N(c2cc(Cl)c(Oc3cc(C(C)C)c(=O)[nH]n3)c(Cl)c2)N=C1Cn1cccc1. The number of aromatic amines is 1. The van der Waals surface area contributed by atoms with Crippen LogP contribution in [0.25, 0.3) is 0 Å². The lowest BCUT2D eigenvalue weighted by molar-refractivity contribution is 0.248. The summed E-state index contributed by atoms with van der Waals surface area (Å²) in [5, 5.41) is 14.8. The average Bonchev–Trinajstić information content (AvgIpc) is 3.26. The molecule has 0 saturated carbocycles. The number of amides is 2. The molecule has 0 atom stereocenters. The van der Waals surface area contributed by atoms with E-state index in [9.17, 15) is 9.59 Å². The number of carbonyl (C=O) groups is 1. The van der Waals surface area contributed by atoms with Gasteiger partial charge in [0.05, 0.1) is 28.0 Å². The van der Waals surface area contributed by atoms with Crippen molar-refractivity contribution in [3.8, 4) is 11.6 Å². The van der Waals surface area contributed by atoms with Crippen LogP contribution in [-0.4, -0.2) is 26.5 Å². The molecule has 3 aromatic rings. The van der Waals surface area contributed by atoms with Gasteiger partial charge in [-0.25, -0.2) is 9.89 Å². The van der Waals surface area contributed by atoms with Crippen molar-refractivity contribution in [1.29, 1.82) is 0 Å². The number of nitrogens with one attached hydrogen (secondary N) is 2. The smallest absolute Gasteiger partial charge is 0.347 e. The summed E-state index contributed by atoms with van der Waals surface area (Å²) in [7, 11) is 0. The van der Waals surface area contributed by atoms with Crippen molar-refractivity contribution in [3.63, 3.8) is 0 Å². The normalized spacial score (nSPS) is 13.8. The molecule has 11 heteroatoms. The summed E-state index contributed by atoms with van der Waals surface area (Å²) in [5.41, 5.74) is 1.53. The van der Waals surface area contributed by atoms with Gasteiger partial charge in [-0.15, -0.1) is 5.10 Å². The molecule has 0 saturated heterocycles. The Hall–Kier alpha value is -3.56. The summed E-state index contributed by atoms with van der Waals surface area (Å²) in [6.07, 6.45) is 3.76. The van der Waals surface area contributed by atoms with Gasteiger partial charge in [-0.2, -0.15) is 10.1 Å². The number of aromatic nitrogens is 3. The maximum atomic E-state index is 12.6. The molecule has 1 aliphatic heterocycles. The molecule has 3 heterocycles. The number of urea groups is 1. The second-order valence-corrected chi connectivity index (χ2v) is 8.42. The number of benzene rings is 1. The van der Waals surface area contributed by atoms with E-state index in [1.165, 1.54) is 18.2 Å². The van der Waals surface area contributed by atoms with Crippen molar-refractivity contribution in [2.45, 2.75) is 26.3 Å². The van der Waals surface area contributed by atoms with E-state index >= 15 is 0 Å². The lowest BCUT2D eigenvalue weighted by Crippen LogP contribution is -2.44. The van der Waals surface area contributed by atoms with Crippen LogP contribution in [0.2, 0.25) is 10.0 Å². The minimum atomic E-state index is -0.499. The van der Waals surface area contributed by atoms with E-state index in [1.54, 1.807) is 0 Å². The largest absolute Gasteiger partial charge is 0.434 e. The van der Waals surface area contributed by atoms with Crippen LogP contribution >= 0.6 is 23.2 Å². The van der Waals surface area contributed by atoms with Crippen LogP contribution < -0.4 is 20.6 Å². The maximum absolute atomic E-state index is 12.6. The Morgan fingerprint density at radius 2 is 1.79 bits per heavy atom. The molecular weight excluding hydrogens is 467 g/mol. The van der Waals surface area contributed by atoms with Crippen LogP contribution in [0.4, 0.5) is 10.5 Å². The first-order valence-electron chi connectivity index (χ1n) is 9.98. The number of carbonyl (C=O) groups excluding carboxylic acids is 1. The molecule has 0 fully saturated rings. The van der Waals surface area contributed by atoms with Gasteiger partial charge in [0.2, 0.25) is 5.88 Å². The molecule has 0 radical (unpaired) electrons.